The number of para-hydroxylation sites is 1. The predicted molar refractivity (Wildman–Crippen MR) is 56.9 cm³/mol. The lowest BCUT2D eigenvalue weighted by molar-refractivity contribution is 0.234. The standard InChI is InChI=1S/C11H12N2O3/c14-6-3-7-15-10-5-2-1-4-9(10)11-13-12-8-16-11/h1-2,4-5,8,14H,3,6-7H2. The van der Waals surface area contributed by atoms with Gasteiger partial charge in [0.05, 0.1) is 12.2 Å². The molecular weight excluding hydrogens is 208 g/mol. The van der Waals surface area contributed by atoms with E-state index in [1.165, 1.54) is 6.39 Å². The molecular formula is C11H12N2O3. The van der Waals surface area contributed by atoms with E-state index < -0.39 is 0 Å². The molecule has 1 aromatic heterocycles. The topological polar surface area (TPSA) is 68.4 Å². The molecule has 5 heteroatoms. The number of aliphatic hydroxyl groups is 1. The highest BCUT2D eigenvalue weighted by atomic mass is 16.5. The maximum atomic E-state index is 8.68. The molecule has 0 amide bonds. The minimum absolute atomic E-state index is 0.114. The summed E-state index contributed by atoms with van der Waals surface area (Å²) in [4.78, 5) is 0. The van der Waals surface area contributed by atoms with Gasteiger partial charge in [-0.15, -0.1) is 10.2 Å². The third-order valence-electron chi connectivity index (χ3n) is 2.04. The van der Waals surface area contributed by atoms with Crippen LogP contribution in [0.1, 0.15) is 6.42 Å². The van der Waals surface area contributed by atoms with E-state index in [9.17, 15) is 0 Å². The molecule has 0 saturated carbocycles. The molecule has 1 N–H and O–H groups in total. The van der Waals surface area contributed by atoms with Gasteiger partial charge in [-0.2, -0.15) is 0 Å². The van der Waals surface area contributed by atoms with Gasteiger partial charge in [0.15, 0.2) is 0 Å². The van der Waals surface area contributed by atoms with Crippen molar-refractivity contribution in [3.05, 3.63) is 30.7 Å². The number of hydrogen-bond donors (Lipinski definition) is 1. The number of aliphatic hydroxyl groups excluding tert-OH is 1. The van der Waals surface area contributed by atoms with Gasteiger partial charge in [-0.25, -0.2) is 0 Å². The van der Waals surface area contributed by atoms with Gasteiger partial charge in [0.2, 0.25) is 6.39 Å². The summed E-state index contributed by atoms with van der Waals surface area (Å²) in [5.41, 5.74) is 0.762. The summed E-state index contributed by atoms with van der Waals surface area (Å²) in [6.07, 6.45) is 1.87. The first-order valence-corrected chi connectivity index (χ1v) is 5.01. The van der Waals surface area contributed by atoms with Crippen LogP contribution in [-0.4, -0.2) is 28.5 Å². The zero-order valence-electron chi connectivity index (χ0n) is 8.67. The lowest BCUT2D eigenvalue weighted by Gasteiger charge is -2.07. The van der Waals surface area contributed by atoms with Gasteiger partial charge in [-0.1, -0.05) is 12.1 Å². The van der Waals surface area contributed by atoms with E-state index in [2.05, 4.69) is 10.2 Å². The molecule has 84 valence electrons. The van der Waals surface area contributed by atoms with E-state index in [0.29, 0.717) is 24.7 Å². The average molecular weight is 220 g/mol. The second kappa shape index (κ2) is 5.27. The van der Waals surface area contributed by atoms with Crippen LogP contribution in [0.3, 0.4) is 0 Å². The monoisotopic (exact) mass is 220 g/mol. The first-order valence-electron chi connectivity index (χ1n) is 5.01. The summed E-state index contributed by atoms with van der Waals surface area (Å²) >= 11 is 0. The Morgan fingerprint density at radius 2 is 2.19 bits per heavy atom. The third-order valence-corrected chi connectivity index (χ3v) is 2.04. The molecule has 0 unspecified atom stereocenters. The zero-order valence-corrected chi connectivity index (χ0v) is 8.67. The van der Waals surface area contributed by atoms with Gasteiger partial charge < -0.3 is 14.3 Å². The van der Waals surface area contributed by atoms with Crippen LogP contribution < -0.4 is 4.74 Å². The van der Waals surface area contributed by atoms with E-state index in [-0.39, 0.29) is 6.61 Å². The van der Waals surface area contributed by atoms with Crippen LogP contribution in [0, 0.1) is 0 Å². The number of nitrogens with zero attached hydrogens (tertiary/aromatic N) is 2. The molecule has 2 rings (SSSR count). The summed E-state index contributed by atoms with van der Waals surface area (Å²) in [5.74, 6) is 1.11. The quantitative estimate of drug-likeness (QED) is 0.773. The summed E-state index contributed by atoms with van der Waals surface area (Å²) in [6, 6.07) is 7.42. The van der Waals surface area contributed by atoms with Crippen molar-refractivity contribution >= 4 is 0 Å². The maximum absolute atomic E-state index is 8.68. The fraction of sp³-hybridized carbons (Fsp3) is 0.273. The molecule has 0 bridgehead atoms. The van der Waals surface area contributed by atoms with Gasteiger partial charge in [0, 0.05) is 13.0 Å². The highest BCUT2D eigenvalue weighted by molar-refractivity contribution is 5.61. The Labute approximate surface area is 92.7 Å². The van der Waals surface area contributed by atoms with Gasteiger partial charge in [0.25, 0.3) is 5.89 Å². The number of rotatable bonds is 5. The molecule has 16 heavy (non-hydrogen) atoms. The number of hydrogen-bond acceptors (Lipinski definition) is 5. The minimum atomic E-state index is 0.114. The van der Waals surface area contributed by atoms with Crippen molar-refractivity contribution in [1.29, 1.82) is 0 Å². The molecule has 0 aliphatic heterocycles. The Morgan fingerprint density at radius 1 is 1.31 bits per heavy atom. The number of aromatic nitrogens is 2. The summed E-state index contributed by atoms with van der Waals surface area (Å²) in [5, 5.41) is 16.1. The van der Waals surface area contributed by atoms with Crippen molar-refractivity contribution in [3.63, 3.8) is 0 Å². The highest BCUT2D eigenvalue weighted by Crippen LogP contribution is 2.27. The van der Waals surface area contributed by atoms with Gasteiger partial charge in [0.1, 0.15) is 5.75 Å². The van der Waals surface area contributed by atoms with Crippen LogP contribution in [0.25, 0.3) is 11.5 Å². The Kier molecular flexibility index (Phi) is 3.50. The van der Waals surface area contributed by atoms with Gasteiger partial charge in [-0.05, 0) is 12.1 Å². The summed E-state index contributed by atoms with van der Waals surface area (Å²) < 4.78 is 10.6. The molecule has 0 spiro atoms. The first kappa shape index (κ1) is 10.6. The number of benzene rings is 1. The van der Waals surface area contributed by atoms with Crippen LogP contribution in [0.4, 0.5) is 0 Å². The molecule has 0 aliphatic carbocycles. The molecule has 1 heterocycles. The number of ether oxygens (including phenoxy) is 1. The second-order valence-electron chi connectivity index (χ2n) is 3.17. The van der Waals surface area contributed by atoms with Crippen molar-refractivity contribution < 1.29 is 14.3 Å². The maximum Gasteiger partial charge on any atom is 0.251 e. The lowest BCUT2D eigenvalue weighted by Crippen LogP contribution is -2.00. The smallest absolute Gasteiger partial charge is 0.251 e. The van der Waals surface area contributed by atoms with Crippen molar-refractivity contribution in [2.75, 3.05) is 13.2 Å². The van der Waals surface area contributed by atoms with E-state index in [4.69, 9.17) is 14.3 Å². The van der Waals surface area contributed by atoms with E-state index in [1.54, 1.807) is 0 Å². The largest absolute Gasteiger partial charge is 0.493 e. The Hall–Kier alpha value is -1.88. The molecule has 0 atom stereocenters. The van der Waals surface area contributed by atoms with Crippen molar-refractivity contribution in [1.82, 2.24) is 10.2 Å². The van der Waals surface area contributed by atoms with Crippen molar-refractivity contribution in [2.24, 2.45) is 0 Å². The zero-order chi connectivity index (χ0) is 11.2. The molecule has 0 aliphatic rings. The Balaban J connectivity index is 2.18. The van der Waals surface area contributed by atoms with Crippen LogP contribution >= 0.6 is 0 Å². The molecule has 2 aromatic rings. The second-order valence-corrected chi connectivity index (χ2v) is 3.17. The lowest BCUT2D eigenvalue weighted by atomic mass is 10.2. The van der Waals surface area contributed by atoms with Crippen LogP contribution in [0.15, 0.2) is 35.1 Å². The predicted octanol–water partition coefficient (Wildman–Crippen LogP) is 1.50. The fourth-order valence-electron chi connectivity index (χ4n) is 1.31. The van der Waals surface area contributed by atoms with E-state index >= 15 is 0 Å². The SMILES string of the molecule is OCCCOc1ccccc1-c1nnco1. The third kappa shape index (κ3) is 2.38. The minimum Gasteiger partial charge on any atom is -0.493 e. The van der Waals surface area contributed by atoms with Crippen molar-refractivity contribution in [2.45, 2.75) is 6.42 Å². The van der Waals surface area contributed by atoms with Crippen molar-refractivity contribution in [3.8, 4) is 17.2 Å². The molecule has 0 radical (unpaired) electrons. The average Bonchev–Trinajstić information content (AvgIpc) is 2.83. The first-order chi connectivity index (χ1) is 7.92. The normalized spacial score (nSPS) is 10.3. The molecule has 0 saturated heterocycles. The molecule has 0 fully saturated rings. The van der Waals surface area contributed by atoms with Crippen LogP contribution in [0.5, 0.6) is 5.75 Å². The molecule has 1 aromatic carbocycles. The van der Waals surface area contributed by atoms with Gasteiger partial charge >= 0.3 is 0 Å². The molecule has 5 nitrogen and oxygen atoms in total. The fourth-order valence-corrected chi connectivity index (χ4v) is 1.31. The van der Waals surface area contributed by atoms with E-state index in [1.807, 2.05) is 24.3 Å². The Bertz CT molecular complexity index is 429. The highest BCUT2D eigenvalue weighted by Gasteiger charge is 2.09. The van der Waals surface area contributed by atoms with Crippen LogP contribution in [-0.2, 0) is 0 Å². The van der Waals surface area contributed by atoms with Gasteiger partial charge in [-0.3, -0.25) is 0 Å². The summed E-state index contributed by atoms with van der Waals surface area (Å²) in [7, 11) is 0. The summed E-state index contributed by atoms with van der Waals surface area (Å²) in [6.45, 7) is 0.574. The van der Waals surface area contributed by atoms with E-state index in [0.717, 1.165) is 5.56 Å². The van der Waals surface area contributed by atoms with Crippen LogP contribution in [0.2, 0.25) is 0 Å². The Morgan fingerprint density at radius 3 is 2.94 bits per heavy atom.